The van der Waals surface area contributed by atoms with Crippen LogP contribution in [0.3, 0.4) is 0 Å². The molecule has 9 heteroatoms. The summed E-state index contributed by atoms with van der Waals surface area (Å²) in [4.78, 5) is 12.5. The summed E-state index contributed by atoms with van der Waals surface area (Å²) in [5, 5.41) is 16.7. The molecular formula is C21H43N3O6. The van der Waals surface area contributed by atoms with Crippen molar-refractivity contribution in [2.24, 2.45) is 11.7 Å². The number of nitrogens with one attached hydrogen (secondary N) is 2. The topological polar surface area (TPSA) is 124 Å². The van der Waals surface area contributed by atoms with Gasteiger partial charge in [-0.1, -0.05) is 32.1 Å². The monoisotopic (exact) mass is 433 g/mol. The number of hydrogen-bond donors (Lipinski definition) is 4. The summed E-state index contributed by atoms with van der Waals surface area (Å²) in [6.07, 6.45) is 3.96. The number of aliphatic hydroxyl groups is 1. The summed E-state index contributed by atoms with van der Waals surface area (Å²) in [7, 11) is 1.54. The fourth-order valence-corrected chi connectivity index (χ4v) is 3.64. The summed E-state index contributed by atoms with van der Waals surface area (Å²) in [5.74, 6) is 0.457. The van der Waals surface area contributed by atoms with Crippen molar-refractivity contribution in [3.05, 3.63) is 0 Å². The van der Waals surface area contributed by atoms with Crippen LogP contribution in [0.4, 0.5) is 4.79 Å². The van der Waals surface area contributed by atoms with Crippen LogP contribution in [-0.4, -0.2) is 68.5 Å². The van der Waals surface area contributed by atoms with Crippen molar-refractivity contribution >= 4 is 6.09 Å². The number of ether oxygens (including phenoxy) is 4. The van der Waals surface area contributed by atoms with Crippen LogP contribution >= 0.6 is 0 Å². The van der Waals surface area contributed by atoms with E-state index in [1.54, 1.807) is 6.92 Å². The Labute approximate surface area is 181 Å². The number of amides is 1. The summed E-state index contributed by atoms with van der Waals surface area (Å²) < 4.78 is 21.9. The number of nitrogens with two attached hydrogens (primary N) is 1. The summed E-state index contributed by atoms with van der Waals surface area (Å²) in [6, 6.07) is -0.432. The van der Waals surface area contributed by atoms with Gasteiger partial charge in [-0.3, -0.25) is 0 Å². The van der Waals surface area contributed by atoms with Gasteiger partial charge in [0.15, 0.2) is 6.29 Å². The van der Waals surface area contributed by atoms with Gasteiger partial charge in [0.1, 0.15) is 18.5 Å². The van der Waals surface area contributed by atoms with Gasteiger partial charge < -0.3 is 40.4 Å². The van der Waals surface area contributed by atoms with E-state index in [1.807, 2.05) is 20.8 Å². The third-order valence-electron chi connectivity index (χ3n) is 5.18. The van der Waals surface area contributed by atoms with Crippen LogP contribution in [0, 0.1) is 5.92 Å². The first-order valence-electron chi connectivity index (χ1n) is 11.0. The van der Waals surface area contributed by atoms with Crippen LogP contribution in [-0.2, 0) is 18.9 Å². The third-order valence-corrected chi connectivity index (χ3v) is 5.18. The molecule has 1 aliphatic carbocycles. The lowest BCUT2D eigenvalue weighted by molar-refractivity contribution is -0.204. The molecule has 4 atom stereocenters. The van der Waals surface area contributed by atoms with Gasteiger partial charge >= 0.3 is 6.09 Å². The number of carbonyl (C=O) groups excluding carboxylic acids is 1. The number of alkyl carbamates (subject to hydrolysis) is 1. The molecule has 0 aromatic heterocycles. The maximum Gasteiger partial charge on any atom is 0.407 e. The van der Waals surface area contributed by atoms with Crippen LogP contribution in [0.5, 0.6) is 0 Å². The highest BCUT2D eigenvalue weighted by atomic mass is 16.7. The molecule has 0 aliphatic heterocycles. The Morgan fingerprint density at radius 1 is 1.20 bits per heavy atom. The minimum atomic E-state index is -0.890. The summed E-state index contributed by atoms with van der Waals surface area (Å²) in [6.45, 7) is 7.59. The van der Waals surface area contributed by atoms with Crippen LogP contribution in [0.2, 0.25) is 0 Å². The molecule has 9 nitrogen and oxygen atoms in total. The highest BCUT2D eigenvalue weighted by Crippen LogP contribution is 2.29. The van der Waals surface area contributed by atoms with Gasteiger partial charge in [-0.15, -0.1) is 0 Å². The molecule has 1 rings (SSSR count). The Balaban J connectivity index is 2.92. The molecule has 0 spiro atoms. The Kier molecular flexibility index (Phi) is 12.8. The molecule has 1 aliphatic rings. The van der Waals surface area contributed by atoms with Gasteiger partial charge in [0.25, 0.3) is 0 Å². The van der Waals surface area contributed by atoms with E-state index in [2.05, 4.69) is 10.6 Å². The predicted molar refractivity (Wildman–Crippen MR) is 115 cm³/mol. The van der Waals surface area contributed by atoms with Crippen LogP contribution in [0.15, 0.2) is 0 Å². The second-order valence-corrected chi connectivity index (χ2v) is 8.94. The largest absolute Gasteiger partial charge is 0.444 e. The minimum Gasteiger partial charge on any atom is -0.444 e. The molecule has 0 bridgehead atoms. The fraction of sp³-hybridized carbons (Fsp3) is 0.952. The first kappa shape index (κ1) is 27.1. The molecule has 1 unspecified atom stereocenters. The smallest absolute Gasteiger partial charge is 0.407 e. The molecular weight excluding hydrogens is 390 g/mol. The van der Waals surface area contributed by atoms with Gasteiger partial charge in [0.2, 0.25) is 0 Å². The average molecular weight is 434 g/mol. The first-order valence-corrected chi connectivity index (χ1v) is 11.0. The maximum atomic E-state index is 12.5. The van der Waals surface area contributed by atoms with E-state index in [9.17, 15) is 9.90 Å². The number of carbonyl (C=O) groups is 1. The Morgan fingerprint density at radius 3 is 2.43 bits per heavy atom. The number of methoxy groups -OCH3 is 1. The van der Waals surface area contributed by atoms with Gasteiger partial charge in [0, 0.05) is 20.3 Å². The number of hydrogen-bond acceptors (Lipinski definition) is 8. The molecule has 0 aromatic rings. The second-order valence-electron chi connectivity index (χ2n) is 8.94. The lowest BCUT2D eigenvalue weighted by atomic mass is 9.83. The first-order chi connectivity index (χ1) is 14.2. The fourth-order valence-electron chi connectivity index (χ4n) is 3.64. The maximum absolute atomic E-state index is 12.5. The predicted octanol–water partition coefficient (Wildman–Crippen LogP) is 2.07. The third kappa shape index (κ3) is 11.4. The van der Waals surface area contributed by atoms with E-state index < -0.39 is 36.2 Å². The van der Waals surface area contributed by atoms with Crippen molar-refractivity contribution in [3.63, 3.8) is 0 Å². The van der Waals surface area contributed by atoms with E-state index in [-0.39, 0.29) is 20.0 Å². The quantitative estimate of drug-likeness (QED) is 0.325. The molecule has 1 saturated carbocycles. The van der Waals surface area contributed by atoms with Crippen LogP contribution in [0.1, 0.15) is 66.2 Å². The summed E-state index contributed by atoms with van der Waals surface area (Å²) >= 11 is 0. The Morgan fingerprint density at radius 2 is 1.87 bits per heavy atom. The van der Waals surface area contributed by atoms with Crippen molar-refractivity contribution in [3.8, 4) is 0 Å². The zero-order valence-corrected chi connectivity index (χ0v) is 19.3. The van der Waals surface area contributed by atoms with E-state index in [4.69, 9.17) is 24.7 Å². The molecule has 0 radical (unpaired) electrons. The van der Waals surface area contributed by atoms with Gasteiger partial charge in [-0.25, -0.2) is 4.79 Å². The molecule has 1 amide bonds. The molecule has 0 heterocycles. The standard InChI is InChI=1S/C21H43N3O6/c1-15(27-5)28-14-29-19(18(25)12-23-13-22)17(11-16-9-7-6-8-10-16)24-20(26)30-21(2,3)4/h15-19,23,25H,6-14,22H2,1-5H3,(H,24,26)/t15?,17-,18-,19+/m0/s1. The minimum absolute atomic E-state index is 0.0729. The number of rotatable bonds is 13. The molecule has 1 fully saturated rings. The van der Waals surface area contributed by atoms with E-state index >= 15 is 0 Å². The second kappa shape index (κ2) is 14.2. The molecule has 5 N–H and O–H groups in total. The molecule has 178 valence electrons. The summed E-state index contributed by atoms with van der Waals surface area (Å²) in [5.41, 5.74) is 4.90. The van der Waals surface area contributed by atoms with Crippen LogP contribution in [0.25, 0.3) is 0 Å². The normalized spacial score (nSPS) is 19.7. The highest BCUT2D eigenvalue weighted by molar-refractivity contribution is 5.68. The van der Waals surface area contributed by atoms with E-state index in [0.717, 1.165) is 12.8 Å². The zero-order chi connectivity index (χ0) is 22.6. The van der Waals surface area contributed by atoms with Crippen molar-refractivity contribution in [2.45, 2.75) is 96.4 Å². The molecule has 30 heavy (non-hydrogen) atoms. The van der Waals surface area contributed by atoms with Crippen molar-refractivity contribution in [1.29, 1.82) is 0 Å². The van der Waals surface area contributed by atoms with Crippen molar-refractivity contribution in [1.82, 2.24) is 10.6 Å². The number of aliphatic hydroxyl groups excluding tert-OH is 1. The molecule has 0 saturated heterocycles. The van der Waals surface area contributed by atoms with E-state index in [1.165, 1.54) is 26.4 Å². The van der Waals surface area contributed by atoms with Crippen molar-refractivity contribution in [2.75, 3.05) is 27.1 Å². The lowest BCUT2D eigenvalue weighted by Gasteiger charge is -2.35. The zero-order valence-electron chi connectivity index (χ0n) is 19.3. The average Bonchev–Trinajstić information content (AvgIpc) is 2.68. The van der Waals surface area contributed by atoms with Gasteiger partial charge in [-0.05, 0) is 40.0 Å². The Hall–Kier alpha value is -0.970. The molecule has 0 aromatic carbocycles. The van der Waals surface area contributed by atoms with Gasteiger partial charge in [0.05, 0.1) is 12.1 Å². The Bertz CT molecular complexity index is 468. The van der Waals surface area contributed by atoms with E-state index in [0.29, 0.717) is 12.3 Å². The highest BCUT2D eigenvalue weighted by Gasteiger charge is 2.34. The van der Waals surface area contributed by atoms with Gasteiger partial charge in [-0.2, -0.15) is 0 Å². The van der Waals surface area contributed by atoms with Crippen LogP contribution < -0.4 is 16.4 Å². The SMILES string of the molecule is COC(C)OCO[C@H]([C@H](CC1CCCCC1)NC(=O)OC(C)(C)C)[C@@H](O)CNCN. The lowest BCUT2D eigenvalue weighted by Crippen LogP contribution is -2.54. The van der Waals surface area contributed by atoms with Crippen molar-refractivity contribution < 1.29 is 28.8 Å².